The molecule has 286 valence electrons. The average Bonchev–Trinajstić information content (AvgIpc) is 3.07. The second-order valence-corrected chi connectivity index (χ2v) is 14.0. The van der Waals surface area contributed by atoms with E-state index in [-0.39, 0.29) is 21.8 Å². The molecule has 3 aromatic rings. The SMILES string of the molecule is CC(C)(C)OC(=O)CN(NC(=O)C(NC(=O)[C@@H](NC(=O)c1ccc(N)c(Cl)c1)C(C)(C)C)c1ccccc1)C(=O)COc1c(F)c(F)c(F)c(F)c1F. The van der Waals surface area contributed by atoms with Crippen molar-refractivity contribution in [1.82, 2.24) is 21.1 Å². The Morgan fingerprint density at radius 2 is 1.38 bits per heavy atom. The maximum atomic E-state index is 14.2. The molecule has 0 aliphatic carbocycles. The number of amides is 4. The Balaban J connectivity index is 1.94. The van der Waals surface area contributed by atoms with Crippen molar-refractivity contribution in [2.45, 2.75) is 59.2 Å². The number of ether oxygens (including phenoxy) is 2. The molecule has 0 fully saturated rings. The molecule has 5 N–H and O–H groups in total. The van der Waals surface area contributed by atoms with E-state index in [4.69, 9.17) is 22.1 Å². The number of esters is 1. The first kappa shape index (κ1) is 42.0. The summed E-state index contributed by atoms with van der Waals surface area (Å²) in [5.41, 5.74) is 6.26. The molecule has 12 nitrogen and oxygen atoms in total. The summed E-state index contributed by atoms with van der Waals surface area (Å²) in [6.45, 7) is 6.91. The van der Waals surface area contributed by atoms with Crippen LogP contribution in [0.1, 0.15) is 63.5 Å². The van der Waals surface area contributed by atoms with Gasteiger partial charge in [-0.05, 0) is 49.9 Å². The normalized spacial score (nSPS) is 12.6. The molecule has 3 aromatic carbocycles. The van der Waals surface area contributed by atoms with Crippen LogP contribution in [0, 0.1) is 34.5 Å². The van der Waals surface area contributed by atoms with Crippen LogP contribution in [0.2, 0.25) is 5.02 Å². The van der Waals surface area contributed by atoms with Crippen molar-refractivity contribution in [1.29, 1.82) is 0 Å². The smallest absolute Gasteiger partial charge is 0.328 e. The third kappa shape index (κ3) is 11.0. The monoisotopic (exact) mass is 769 g/mol. The van der Waals surface area contributed by atoms with E-state index < -0.39 is 101 Å². The fourth-order valence-corrected chi connectivity index (χ4v) is 4.72. The lowest BCUT2D eigenvalue weighted by Gasteiger charge is -2.32. The van der Waals surface area contributed by atoms with Gasteiger partial charge >= 0.3 is 5.97 Å². The molecule has 1 unspecified atom stereocenters. The summed E-state index contributed by atoms with van der Waals surface area (Å²) in [6, 6.07) is 8.71. The van der Waals surface area contributed by atoms with Crippen molar-refractivity contribution in [3.63, 3.8) is 0 Å². The molecular weight excluding hydrogens is 733 g/mol. The molecule has 2 atom stereocenters. The van der Waals surface area contributed by atoms with Crippen LogP contribution in [-0.4, -0.2) is 59.4 Å². The van der Waals surface area contributed by atoms with Crippen LogP contribution in [0.3, 0.4) is 0 Å². The summed E-state index contributed by atoms with van der Waals surface area (Å²) < 4.78 is 79.3. The van der Waals surface area contributed by atoms with E-state index in [1.165, 1.54) is 63.2 Å². The molecular formula is C35H37ClF5N5O7. The predicted molar refractivity (Wildman–Crippen MR) is 181 cm³/mol. The van der Waals surface area contributed by atoms with E-state index in [0.29, 0.717) is 5.01 Å². The standard InChI is InChI=1S/C35H37ClF5N5O7/c1-34(2,3)30(44-31(49)18-12-13-20(42)19(36)14-18)33(51)43-28(17-10-8-7-9-11-17)32(50)45-46(15-22(48)53-35(4,5)6)21(47)16-52-29-26(40)24(38)23(37)25(39)27(29)41/h7-14,28,30H,15-16,42H2,1-6H3,(H,43,51)(H,44,49)(H,45,50)/t28?,30-/m1/s1. The zero-order valence-electron chi connectivity index (χ0n) is 29.3. The number of carbonyl (C=O) groups excluding carboxylic acids is 5. The number of rotatable bonds is 11. The zero-order chi connectivity index (χ0) is 40.0. The number of anilines is 1. The maximum Gasteiger partial charge on any atom is 0.328 e. The van der Waals surface area contributed by atoms with E-state index >= 15 is 0 Å². The summed E-state index contributed by atoms with van der Waals surface area (Å²) in [6.07, 6.45) is 0. The molecule has 0 aromatic heterocycles. The van der Waals surface area contributed by atoms with Gasteiger partial charge in [0.25, 0.3) is 17.7 Å². The minimum atomic E-state index is -2.46. The topological polar surface area (TPSA) is 169 Å². The van der Waals surface area contributed by atoms with Crippen molar-refractivity contribution in [3.8, 4) is 5.75 Å². The maximum absolute atomic E-state index is 14.2. The third-order valence-corrected chi connectivity index (χ3v) is 7.44. The number of nitrogens with two attached hydrogens (primary N) is 1. The number of halogens is 6. The Kier molecular flexibility index (Phi) is 13.4. The summed E-state index contributed by atoms with van der Waals surface area (Å²) >= 11 is 6.06. The van der Waals surface area contributed by atoms with E-state index in [1.54, 1.807) is 26.8 Å². The van der Waals surface area contributed by atoms with Gasteiger partial charge in [-0.25, -0.2) is 18.2 Å². The van der Waals surface area contributed by atoms with Gasteiger partial charge in [0, 0.05) is 5.56 Å². The number of carbonyl (C=O) groups is 5. The van der Waals surface area contributed by atoms with Crippen LogP contribution < -0.4 is 26.5 Å². The van der Waals surface area contributed by atoms with Gasteiger partial charge in [-0.1, -0.05) is 62.7 Å². The van der Waals surface area contributed by atoms with Gasteiger partial charge in [-0.2, -0.15) is 8.78 Å². The lowest BCUT2D eigenvalue weighted by molar-refractivity contribution is -0.162. The minimum Gasteiger partial charge on any atom is -0.477 e. The van der Waals surface area contributed by atoms with Crippen LogP contribution in [0.5, 0.6) is 5.75 Å². The second-order valence-electron chi connectivity index (χ2n) is 13.6. The lowest BCUT2D eigenvalue weighted by atomic mass is 9.85. The van der Waals surface area contributed by atoms with E-state index in [0.717, 1.165) is 0 Å². The quantitative estimate of drug-likeness (QED) is 0.0534. The highest BCUT2D eigenvalue weighted by molar-refractivity contribution is 6.33. The molecule has 0 saturated heterocycles. The van der Waals surface area contributed by atoms with Crippen molar-refractivity contribution < 1.29 is 55.4 Å². The minimum absolute atomic E-state index is 0.0768. The molecule has 0 aliphatic rings. The van der Waals surface area contributed by atoms with Crippen molar-refractivity contribution in [2.75, 3.05) is 18.9 Å². The van der Waals surface area contributed by atoms with Gasteiger partial charge in [0.2, 0.25) is 35.0 Å². The van der Waals surface area contributed by atoms with Crippen LogP contribution in [0.4, 0.5) is 27.6 Å². The lowest BCUT2D eigenvalue weighted by Crippen LogP contribution is -2.57. The first-order chi connectivity index (χ1) is 24.5. The van der Waals surface area contributed by atoms with Gasteiger partial charge < -0.3 is 25.8 Å². The van der Waals surface area contributed by atoms with E-state index in [9.17, 15) is 45.9 Å². The zero-order valence-corrected chi connectivity index (χ0v) is 30.1. The van der Waals surface area contributed by atoms with Gasteiger partial charge in [-0.15, -0.1) is 0 Å². The Bertz CT molecular complexity index is 1860. The first-order valence-electron chi connectivity index (χ1n) is 15.7. The molecule has 3 rings (SSSR count). The van der Waals surface area contributed by atoms with Crippen molar-refractivity contribution >= 4 is 46.9 Å². The second kappa shape index (κ2) is 16.9. The Labute approximate surface area is 306 Å². The number of hydrogen-bond donors (Lipinski definition) is 4. The highest BCUT2D eigenvalue weighted by Gasteiger charge is 2.37. The molecule has 4 amide bonds. The third-order valence-electron chi connectivity index (χ3n) is 7.11. The summed E-state index contributed by atoms with van der Waals surface area (Å²) in [4.78, 5) is 66.9. The van der Waals surface area contributed by atoms with Crippen LogP contribution in [-0.2, 0) is 23.9 Å². The Morgan fingerprint density at radius 1 is 0.811 bits per heavy atom. The first-order valence-corrected chi connectivity index (χ1v) is 16.1. The van der Waals surface area contributed by atoms with Crippen molar-refractivity contribution in [2.24, 2.45) is 5.41 Å². The number of nitrogens with zero attached hydrogens (tertiary/aromatic N) is 1. The summed E-state index contributed by atoms with van der Waals surface area (Å²) in [7, 11) is 0. The van der Waals surface area contributed by atoms with Crippen molar-refractivity contribution in [3.05, 3.63) is 93.8 Å². The number of hydrogen-bond acceptors (Lipinski definition) is 8. The highest BCUT2D eigenvalue weighted by Crippen LogP contribution is 2.29. The van der Waals surface area contributed by atoms with Crippen LogP contribution in [0.15, 0.2) is 48.5 Å². The molecule has 0 spiro atoms. The van der Waals surface area contributed by atoms with Gasteiger partial charge in [0.15, 0.2) is 12.4 Å². The van der Waals surface area contributed by atoms with Gasteiger partial charge in [0.1, 0.15) is 24.2 Å². The van der Waals surface area contributed by atoms with Gasteiger partial charge in [0.05, 0.1) is 10.7 Å². The van der Waals surface area contributed by atoms with E-state index in [1.807, 2.05) is 0 Å². The molecule has 0 heterocycles. The average molecular weight is 770 g/mol. The fraction of sp³-hybridized carbons (Fsp3) is 0.343. The Hall–Kier alpha value is -5.45. The summed E-state index contributed by atoms with van der Waals surface area (Å²) in [5, 5.41) is 5.55. The largest absolute Gasteiger partial charge is 0.477 e. The number of nitrogen functional groups attached to an aromatic ring is 1. The highest BCUT2D eigenvalue weighted by atomic mass is 35.5. The molecule has 0 aliphatic heterocycles. The predicted octanol–water partition coefficient (Wildman–Crippen LogP) is 4.90. The molecule has 0 radical (unpaired) electrons. The molecule has 0 saturated carbocycles. The Morgan fingerprint density at radius 3 is 1.91 bits per heavy atom. The van der Waals surface area contributed by atoms with Crippen LogP contribution >= 0.6 is 11.6 Å². The fourth-order valence-electron chi connectivity index (χ4n) is 4.54. The number of hydrazine groups is 1. The number of nitrogens with one attached hydrogen (secondary N) is 3. The molecule has 0 bridgehead atoms. The molecule has 18 heteroatoms. The summed E-state index contributed by atoms with van der Waals surface area (Å²) in [5.74, 6) is -18.9. The number of benzene rings is 3. The molecule has 53 heavy (non-hydrogen) atoms. The van der Waals surface area contributed by atoms with E-state index in [2.05, 4.69) is 20.8 Å². The van der Waals surface area contributed by atoms with Gasteiger partial charge in [-0.3, -0.25) is 29.4 Å². The van der Waals surface area contributed by atoms with Crippen LogP contribution in [0.25, 0.3) is 0 Å².